The van der Waals surface area contributed by atoms with Crippen LogP contribution < -0.4 is 5.73 Å². The zero-order chi connectivity index (χ0) is 15.0. The van der Waals surface area contributed by atoms with E-state index in [2.05, 4.69) is 0 Å². The Morgan fingerprint density at radius 3 is 1.74 bits per heavy atom. The Kier molecular flexibility index (Phi) is 4.19. The molecule has 0 aliphatic heterocycles. The summed E-state index contributed by atoms with van der Waals surface area (Å²) in [7, 11) is 0. The first kappa shape index (κ1) is 15.8. The number of aryl methyl sites for hydroxylation is 2. The molecule has 0 spiro atoms. The zero-order valence-electron chi connectivity index (χ0n) is 10.2. The van der Waals surface area contributed by atoms with E-state index in [0.717, 1.165) is 5.56 Å². The molecule has 0 bridgehead atoms. The van der Waals surface area contributed by atoms with Crippen LogP contribution in [-0.2, 0) is 0 Å². The fourth-order valence-electron chi connectivity index (χ4n) is 1.76. The summed E-state index contributed by atoms with van der Waals surface area (Å²) in [6.45, 7) is 3.30. The maximum atomic E-state index is 12.5. The summed E-state index contributed by atoms with van der Waals surface area (Å²) in [5.41, 5.74) is 6.38. The molecule has 1 unspecified atom stereocenters. The number of benzene rings is 1. The standard InChI is InChI=1S/C12H13F6N/c1-6-3-4-8(5-7(6)2)9(19)10(11(13,14)15)12(16,17)18/h3-5,9-10H,19H2,1-2H3. The lowest BCUT2D eigenvalue weighted by Gasteiger charge is -2.28. The molecule has 19 heavy (non-hydrogen) atoms. The summed E-state index contributed by atoms with van der Waals surface area (Å²) >= 11 is 0. The highest BCUT2D eigenvalue weighted by Crippen LogP contribution is 2.45. The van der Waals surface area contributed by atoms with Crippen LogP contribution in [0.25, 0.3) is 0 Å². The summed E-state index contributed by atoms with van der Waals surface area (Å²) in [5, 5.41) is 0. The number of alkyl halides is 6. The maximum absolute atomic E-state index is 12.5. The second kappa shape index (κ2) is 5.03. The molecular weight excluding hydrogens is 272 g/mol. The van der Waals surface area contributed by atoms with E-state index in [4.69, 9.17) is 5.73 Å². The Bertz CT molecular complexity index is 435. The van der Waals surface area contributed by atoms with Gasteiger partial charge in [0.2, 0.25) is 0 Å². The number of rotatable bonds is 2. The van der Waals surface area contributed by atoms with Crippen LogP contribution in [0.2, 0.25) is 0 Å². The van der Waals surface area contributed by atoms with Gasteiger partial charge >= 0.3 is 12.4 Å². The first-order valence-corrected chi connectivity index (χ1v) is 5.40. The van der Waals surface area contributed by atoms with Crippen molar-refractivity contribution >= 4 is 0 Å². The summed E-state index contributed by atoms with van der Waals surface area (Å²) in [4.78, 5) is 0. The van der Waals surface area contributed by atoms with Crippen molar-refractivity contribution in [3.63, 3.8) is 0 Å². The van der Waals surface area contributed by atoms with Crippen LogP contribution in [0.5, 0.6) is 0 Å². The van der Waals surface area contributed by atoms with Crippen molar-refractivity contribution in [2.45, 2.75) is 32.2 Å². The quantitative estimate of drug-likeness (QED) is 0.815. The van der Waals surface area contributed by atoms with E-state index < -0.39 is 24.3 Å². The zero-order valence-corrected chi connectivity index (χ0v) is 10.2. The lowest BCUT2D eigenvalue weighted by Crippen LogP contribution is -2.44. The summed E-state index contributed by atoms with van der Waals surface area (Å²) in [6, 6.07) is 1.73. The molecule has 1 aromatic carbocycles. The van der Waals surface area contributed by atoms with Crippen molar-refractivity contribution in [1.82, 2.24) is 0 Å². The fraction of sp³-hybridized carbons (Fsp3) is 0.500. The molecule has 0 aliphatic carbocycles. The Balaban J connectivity index is 3.20. The highest BCUT2D eigenvalue weighted by molar-refractivity contribution is 5.32. The van der Waals surface area contributed by atoms with E-state index in [1.54, 1.807) is 13.8 Å². The van der Waals surface area contributed by atoms with Crippen LogP contribution in [0.1, 0.15) is 22.7 Å². The summed E-state index contributed by atoms with van der Waals surface area (Å²) < 4.78 is 75.2. The fourth-order valence-corrected chi connectivity index (χ4v) is 1.76. The van der Waals surface area contributed by atoms with Gasteiger partial charge in [-0.3, -0.25) is 0 Å². The van der Waals surface area contributed by atoms with Crippen LogP contribution >= 0.6 is 0 Å². The molecule has 0 aliphatic rings. The molecule has 7 heteroatoms. The molecule has 1 nitrogen and oxygen atoms in total. The Morgan fingerprint density at radius 1 is 0.895 bits per heavy atom. The molecule has 0 saturated carbocycles. The highest BCUT2D eigenvalue weighted by Gasteiger charge is 2.59. The largest absolute Gasteiger partial charge is 0.402 e. The molecular formula is C12H13F6N. The molecule has 0 amide bonds. The first-order valence-electron chi connectivity index (χ1n) is 5.40. The molecule has 2 N–H and O–H groups in total. The Labute approximate surface area is 106 Å². The predicted molar refractivity (Wildman–Crippen MR) is 58.4 cm³/mol. The third-order valence-electron chi connectivity index (χ3n) is 2.98. The van der Waals surface area contributed by atoms with Gasteiger partial charge in [-0.05, 0) is 30.5 Å². The minimum absolute atomic E-state index is 0.178. The molecule has 0 saturated heterocycles. The first-order chi connectivity index (χ1) is 8.44. The third kappa shape index (κ3) is 3.62. The molecule has 1 rings (SSSR count). The molecule has 1 atom stereocenters. The number of nitrogens with two attached hydrogens (primary N) is 1. The van der Waals surface area contributed by atoms with Gasteiger partial charge in [-0.25, -0.2) is 0 Å². The molecule has 0 radical (unpaired) electrons. The number of hydrogen-bond donors (Lipinski definition) is 1. The molecule has 0 heterocycles. The minimum atomic E-state index is -5.43. The Morgan fingerprint density at radius 2 is 1.37 bits per heavy atom. The van der Waals surface area contributed by atoms with Crippen LogP contribution in [0.15, 0.2) is 18.2 Å². The average molecular weight is 285 g/mol. The minimum Gasteiger partial charge on any atom is -0.323 e. The van der Waals surface area contributed by atoms with Gasteiger partial charge in [-0.1, -0.05) is 18.2 Å². The SMILES string of the molecule is Cc1ccc(C(N)C(C(F)(F)F)C(F)(F)F)cc1C. The maximum Gasteiger partial charge on any atom is 0.402 e. The van der Waals surface area contributed by atoms with Crippen LogP contribution in [0.3, 0.4) is 0 Å². The van der Waals surface area contributed by atoms with Crippen molar-refractivity contribution < 1.29 is 26.3 Å². The Hall–Kier alpha value is -1.24. The van der Waals surface area contributed by atoms with Gasteiger partial charge in [0.05, 0.1) is 6.04 Å². The van der Waals surface area contributed by atoms with Gasteiger partial charge in [0, 0.05) is 0 Å². The normalized spacial score (nSPS) is 14.8. The van der Waals surface area contributed by atoms with Gasteiger partial charge in [-0.15, -0.1) is 0 Å². The van der Waals surface area contributed by atoms with E-state index in [1.165, 1.54) is 18.2 Å². The van der Waals surface area contributed by atoms with Gasteiger partial charge in [0.15, 0.2) is 5.92 Å². The van der Waals surface area contributed by atoms with E-state index in [1.807, 2.05) is 0 Å². The van der Waals surface area contributed by atoms with Crippen molar-refractivity contribution in [2.24, 2.45) is 11.7 Å². The summed E-state index contributed by atoms with van der Waals surface area (Å²) in [6.07, 6.45) is -10.9. The number of hydrogen-bond acceptors (Lipinski definition) is 1. The van der Waals surface area contributed by atoms with E-state index >= 15 is 0 Å². The smallest absolute Gasteiger partial charge is 0.323 e. The molecule has 108 valence electrons. The van der Waals surface area contributed by atoms with Crippen molar-refractivity contribution in [1.29, 1.82) is 0 Å². The second-order valence-electron chi connectivity index (χ2n) is 4.43. The van der Waals surface area contributed by atoms with Gasteiger partial charge < -0.3 is 5.73 Å². The molecule has 0 aromatic heterocycles. The average Bonchev–Trinajstić information content (AvgIpc) is 2.17. The predicted octanol–water partition coefficient (Wildman–Crippen LogP) is 4.04. The lowest BCUT2D eigenvalue weighted by atomic mass is 9.91. The molecule has 0 fully saturated rings. The topological polar surface area (TPSA) is 26.0 Å². The van der Waals surface area contributed by atoms with Crippen LogP contribution in [0.4, 0.5) is 26.3 Å². The van der Waals surface area contributed by atoms with Gasteiger partial charge in [-0.2, -0.15) is 26.3 Å². The molecule has 1 aromatic rings. The van der Waals surface area contributed by atoms with Gasteiger partial charge in [0.1, 0.15) is 0 Å². The van der Waals surface area contributed by atoms with E-state index in [-0.39, 0.29) is 5.56 Å². The summed E-state index contributed by atoms with van der Waals surface area (Å²) in [5.74, 6) is -3.57. The lowest BCUT2D eigenvalue weighted by molar-refractivity contribution is -0.290. The van der Waals surface area contributed by atoms with Crippen molar-refractivity contribution in [3.8, 4) is 0 Å². The van der Waals surface area contributed by atoms with Crippen LogP contribution in [-0.4, -0.2) is 12.4 Å². The van der Waals surface area contributed by atoms with E-state index in [0.29, 0.717) is 5.56 Å². The monoisotopic (exact) mass is 285 g/mol. The van der Waals surface area contributed by atoms with Crippen molar-refractivity contribution in [3.05, 3.63) is 34.9 Å². The third-order valence-corrected chi connectivity index (χ3v) is 2.98. The van der Waals surface area contributed by atoms with Gasteiger partial charge in [0.25, 0.3) is 0 Å². The number of halogens is 6. The van der Waals surface area contributed by atoms with Crippen molar-refractivity contribution in [2.75, 3.05) is 0 Å². The van der Waals surface area contributed by atoms with E-state index in [9.17, 15) is 26.3 Å². The van der Waals surface area contributed by atoms with Crippen LogP contribution in [0, 0.1) is 19.8 Å². The highest BCUT2D eigenvalue weighted by atomic mass is 19.4. The second-order valence-corrected chi connectivity index (χ2v) is 4.43.